The van der Waals surface area contributed by atoms with E-state index in [9.17, 15) is 13.2 Å². The summed E-state index contributed by atoms with van der Waals surface area (Å²) in [6.45, 7) is 0.193. The van der Waals surface area contributed by atoms with Crippen LogP contribution in [0.5, 0.6) is 11.5 Å². The van der Waals surface area contributed by atoms with Gasteiger partial charge in [0, 0.05) is 12.2 Å². The van der Waals surface area contributed by atoms with E-state index in [-0.39, 0.29) is 16.6 Å². The van der Waals surface area contributed by atoms with Crippen LogP contribution < -0.4 is 24.4 Å². The number of carbonyl (C=O) groups excluding carboxylic acids is 1. The molecule has 4 rings (SSSR count). The highest BCUT2D eigenvalue weighted by atomic mass is 32.2. The number of ether oxygens (including phenoxy) is 2. The lowest BCUT2D eigenvalue weighted by Crippen LogP contribution is -2.37. The summed E-state index contributed by atoms with van der Waals surface area (Å²) < 4.78 is 38.1. The first-order chi connectivity index (χ1) is 16.4. The number of thiocarbonyl (C=S) groups is 1. The summed E-state index contributed by atoms with van der Waals surface area (Å²) in [6.07, 6.45) is 0.686. The quantitative estimate of drug-likeness (QED) is 0.483. The first-order valence-corrected chi connectivity index (χ1v) is 12.3. The van der Waals surface area contributed by atoms with Crippen LogP contribution >= 0.6 is 12.2 Å². The molecule has 0 radical (unpaired) electrons. The highest BCUT2D eigenvalue weighted by Crippen LogP contribution is 2.32. The summed E-state index contributed by atoms with van der Waals surface area (Å²) in [7, 11) is -2.11. The molecule has 0 aliphatic carbocycles. The molecule has 2 N–H and O–H groups in total. The van der Waals surface area contributed by atoms with Crippen molar-refractivity contribution in [1.29, 1.82) is 0 Å². The highest BCUT2D eigenvalue weighted by molar-refractivity contribution is 7.92. The predicted molar refractivity (Wildman–Crippen MR) is 134 cm³/mol. The zero-order valence-corrected chi connectivity index (χ0v) is 20.0. The Morgan fingerprint density at radius 2 is 1.68 bits per heavy atom. The second kappa shape index (κ2) is 10.1. The Hall–Kier alpha value is -3.63. The van der Waals surface area contributed by atoms with E-state index in [2.05, 4.69) is 10.6 Å². The maximum atomic E-state index is 13.1. The highest BCUT2D eigenvalue weighted by Gasteiger charge is 2.30. The summed E-state index contributed by atoms with van der Waals surface area (Å²) in [5.74, 6) is 0.777. The Kier molecular flexibility index (Phi) is 6.99. The summed E-state index contributed by atoms with van der Waals surface area (Å²) in [6, 6.07) is 20.5. The number of hydrogen-bond donors (Lipinski definition) is 2. The number of anilines is 2. The van der Waals surface area contributed by atoms with Gasteiger partial charge >= 0.3 is 0 Å². The second-order valence-corrected chi connectivity index (χ2v) is 9.72. The van der Waals surface area contributed by atoms with Gasteiger partial charge in [-0.2, -0.15) is 0 Å². The van der Waals surface area contributed by atoms with E-state index in [1.807, 2.05) is 24.3 Å². The van der Waals surface area contributed by atoms with Crippen LogP contribution in [0.1, 0.15) is 5.56 Å². The molecule has 0 bridgehead atoms. The Morgan fingerprint density at radius 1 is 1.00 bits per heavy atom. The normalized spacial score (nSPS) is 12.6. The molecule has 0 spiro atoms. The lowest BCUT2D eigenvalue weighted by molar-refractivity contribution is -0.121. The number of nitrogens with zero attached hydrogens (tertiary/aromatic N) is 1. The minimum Gasteiger partial charge on any atom is -0.497 e. The SMILES string of the molecule is COc1ccc(OCC(=O)NC(=S)Nc2ccc(S(=O)(=O)N3CCc4ccccc43)cc2)cc1. The topological polar surface area (TPSA) is 97.0 Å². The number of sulfonamides is 1. The molecular formula is C24H23N3O5S2. The van der Waals surface area contributed by atoms with Crippen molar-refractivity contribution in [3.8, 4) is 11.5 Å². The summed E-state index contributed by atoms with van der Waals surface area (Å²) in [5, 5.41) is 5.47. The van der Waals surface area contributed by atoms with Crippen LogP contribution in [0, 0.1) is 0 Å². The summed E-state index contributed by atoms with van der Waals surface area (Å²) >= 11 is 5.17. The molecule has 34 heavy (non-hydrogen) atoms. The molecule has 1 heterocycles. The molecule has 1 amide bonds. The van der Waals surface area contributed by atoms with Crippen LogP contribution in [-0.2, 0) is 21.2 Å². The van der Waals surface area contributed by atoms with Crippen LogP contribution in [0.3, 0.4) is 0 Å². The third-order valence-electron chi connectivity index (χ3n) is 5.23. The van der Waals surface area contributed by atoms with Gasteiger partial charge in [0.05, 0.1) is 17.7 Å². The van der Waals surface area contributed by atoms with E-state index in [0.29, 0.717) is 35.8 Å². The lowest BCUT2D eigenvalue weighted by Gasteiger charge is -2.19. The van der Waals surface area contributed by atoms with E-state index < -0.39 is 15.9 Å². The average Bonchev–Trinajstić information content (AvgIpc) is 3.28. The van der Waals surface area contributed by atoms with Gasteiger partial charge in [-0.05, 0) is 78.8 Å². The Balaban J connectivity index is 1.31. The third-order valence-corrected chi connectivity index (χ3v) is 7.26. The minimum atomic E-state index is -3.68. The van der Waals surface area contributed by atoms with Gasteiger partial charge in [-0.15, -0.1) is 0 Å². The molecule has 0 fully saturated rings. The molecule has 3 aromatic rings. The number of amides is 1. The fourth-order valence-electron chi connectivity index (χ4n) is 3.54. The van der Waals surface area contributed by atoms with Crippen LogP contribution in [0.4, 0.5) is 11.4 Å². The van der Waals surface area contributed by atoms with E-state index in [4.69, 9.17) is 21.7 Å². The second-order valence-electron chi connectivity index (χ2n) is 7.45. The number of carbonyl (C=O) groups is 1. The van der Waals surface area contributed by atoms with Crippen molar-refractivity contribution in [2.24, 2.45) is 0 Å². The van der Waals surface area contributed by atoms with E-state index in [0.717, 1.165) is 5.56 Å². The first-order valence-electron chi connectivity index (χ1n) is 10.5. The van der Waals surface area contributed by atoms with Gasteiger partial charge < -0.3 is 14.8 Å². The van der Waals surface area contributed by atoms with Gasteiger partial charge in [-0.25, -0.2) is 8.42 Å². The van der Waals surface area contributed by atoms with Crippen molar-refractivity contribution < 1.29 is 22.7 Å². The Morgan fingerprint density at radius 3 is 2.38 bits per heavy atom. The van der Waals surface area contributed by atoms with E-state index >= 15 is 0 Å². The predicted octanol–water partition coefficient (Wildman–Crippen LogP) is 3.34. The number of rotatable bonds is 7. The molecule has 10 heteroatoms. The molecule has 8 nitrogen and oxygen atoms in total. The van der Waals surface area contributed by atoms with Crippen LogP contribution in [0.15, 0.2) is 77.7 Å². The molecule has 0 unspecified atom stereocenters. The van der Waals surface area contributed by atoms with Crippen molar-refractivity contribution in [2.75, 3.05) is 29.9 Å². The van der Waals surface area contributed by atoms with Gasteiger partial charge in [-0.1, -0.05) is 18.2 Å². The van der Waals surface area contributed by atoms with Crippen LogP contribution in [0.25, 0.3) is 0 Å². The number of nitrogens with one attached hydrogen (secondary N) is 2. The third kappa shape index (κ3) is 5.29. The van der Waals surface area contributed by atoms with Gasteiger partial charge in [0.25, 0.3) is 15.9 Å². The fraction of sp³-hybridized carbons (Fsp3) is 0.167. The molecule has 176 valence electrons. The number of hydrogen-bond acceptors (Lipinski definition) is 6. The minimum absolute atomic E-state index is 0.0763. The van der Waals surface area contributed by atoms with Gasteiger partial charge in [0.2, 0.25) is 0 Å². The largest absolute Gasteiger partial charge is 0.497 e. The smallest absolute Gasteiger partial charge is 0.264 e. The summed E-state index contributed by atoms with van der Waals surface area (Å²) in [4.78, 5) is 12.3. The van der Waals surface area contributed by atoms with Crippen LogP contribution in [0.2, 0.25) is 0 Å². The van der Waals surface area contributed by atoms with Crippen LogP contribution in [-0.4, -0.2) is 39.7 Å². The molecule has 1 aliphatic rings. The number of para-hydroxylation sites is 1. The standard InChI is InChI=1S/C24H23N3O5S2/c1-31-19-8-10-20(11-9-19)32-16-23(28)26-24(33)25-18-6-12-21(13-7-18)34(29,30)27-15-14-17-4-2-3-5-22(17)27/h2-13H,14-16H2,1H3,(H2,25,26,28,33). The van der Waals surface area contributed by atoms with Crippen molar-refractivity contribution in [2.45, 2.75) is 11.3 Å². The molecule has 3 aromatic carbocycles. The molecule has 0 atom stereocenters. The number of methoxy groups -OCH3 is 1. The van der Waals surface area contributed by atoms with Gasteiger partial charge in [0.15, 0.2) is 11.7 Å². The Bertz CT molecular complexity index is 1290. The Labute approximate surface area is 203 Å². The maximum absolute atomic E-state index is 13.1. The zero-order chi connectivity index (χ0) is 24.1. The zero-order valence-electron chi connectivity index (χ0n) is 18.4. The first kappa shape index (κ1) is 23.5. The molecule has 0 aromatic heterocycles. The summed E-state index contributed by atoms with van der Waals surface area (Å²) in [5.41, 5.74) is 2.27. The molecule has 0 saturated carbocycles. The monoisotopic (exact) mass is 497 g/mol. The van der Waals surface area contributed by atoms with Gasteiger partial charge in [-0.3, -0.25) is 14.4 Å². The lowest BCUT2D eigenvalue weighted by atomic mass is 10.2. The maximum Gasteiger partial charge on any atom is 0.264 e. The van der Waals surface area contributed by atoms with Crippen molar-refractivity contribution in [1.82, 2.24) is 5.32 Å². The van der Waals surface area contributed by atoms with Gasteiger partial charge in [0.1, 0.15) is 11.5 Å². The molecule has 1 aliphatic heterocycles. The molecular weight excluding hydrogens is 474 g/mol. The molecule has 0 saturated heterocycles. The number of benzene rings is 3. The van der Waals surface area contributed by atoms with Crippen molar-refractivity contribution in [3.63, 3.8) is 0 Å². The van der Waals surface area contributed by atoms with E-state index in [1.54, 1.807) is 43.5 Å². The van der Waals surface area contributed by atoms with Crippen molar-refractivity contribution >= 4 is 44.6 Å². The fourth-order valence-corrected chi connectivity index (χ4v) is 5.28. The average molecular weight is 498 g/mol. The van der Waals surface area contributed by atoms with Crippen molar-refractivity contribution in [3.05, 3.63) is 78.4 Å². The number of fused-ring (bicyclic) bond motifs is 1. The van der Waals surface area contributed by atoms with E-state index in [1.165, 1.54) is 16.4 Å².